The van der Waals surface area contributed by atoms with Gasteiger partial charge in [0.25, 0.3) is 10.0 Å². The molecule has 2 aromatic rings. The van der Waals surface area contributed by atoms with Crippen molar-refractivity contribution >= 4 is 33.3 Å². The van der Waals surface area contributed by atoms with Crippen LogP contribution in [0.2, 0.25) is 5.02 Å². The van der Waals surface area contributed by atoms with E-state index in [2.05, 4.69) is 4.72 Å². The van der Waals surface area contributed by atoms with E-state index in [1.54, 1.807) is 13.0 Å². The summed E-state index contributed by atoms with van der Waals surface area (Å²) in [5.41, 5.74) is 0.117. The minimum absolute atomic E-state index is 0.00167. The van der Waals surface area contributed by atoms with Gasteiger partial charge in [-0.3, -0.25) is 4.72 Å². The van der Waals surface area contributed by atoms with E-state index in [1.807, 2.05) is 0 Å². The van der Waals surface area contributed by atoms with E-state index in [4.69, 9.17) is 16.7 Å². The Bertz CT molecular complexity index is 848. The first kappa shape index (κ1) is 16.1. The van der Waals surface area contributed by atoms with Gasteiger partial charge in [0.1, 0.15) is 11.3 Å². The highest BCUT2D eigenvalue weighted by molar-refractivity contribution is 7.92. The van der Waals surface area contributed by atoms with Crippen molar-refractivity contribution in [3.63, 3.8) is 0 Å². The molecule has 0 saturated carbocycles. The number of hydrogen-bond acceptors (Lipinski definition) is 4. The third kappa shape index (κ3) is 3.15. The maximum Gasteiger partial charge on any atom is 0.339 e. The fraction of sp³-hybridized carbons (Fsp3) is 0.0714. The van der Waals surface area contributed by atoms with Crippen molar-refractivity contribution in [1.29, 1.82) is 0 Å². The molecule has 6 nitrogen and oxygen atoms in total. The second-order valence-electron chi connectivity index (χ2n) is 4.51. The average molecular weight is 342 g/mol. The molecule has 22 heavy (non-hydrogen) atoms. The summed E-state index contributed by atoms with van der Waals surface area (Å²) in [5, 5.41) is 18.7. The summed E-state index contributed by atoms with van der Waals surface area (Å²) >= 11 is 5.91. The van der Waals surface area contributed by atoms with Gasteiger partial charge in [-0.25, -0.2) is 13.2 Å². The molecule has 0 atom stereocenters. The number of anilines is 1. The number of phenols is 1. The van der Waals surface area contributed by atoms with Gasteiger partial charge in [0, 0.05) is 11.1 Å². The van der Waals surface area contributed by atoms with Crippen molar-refractivity contribution in [2.75, 3.05) is 4.72 Å². The summed E-state index contributed by atoms with van der Waals surface area (Å²) in [5.74, 6) is -1.84. The lowest BCUT2D eigenvalue weighted by atomic mass is 10.2. The number of nitrogens with one attached hydrogen (secondary N) is 1. The zero-order chi connectivity index (χ0) is 16.5. The first-order valence-electron chi connectivity index (χ1n) is 6.06. The second-order valence-corrected chi connectivity index (χ2v) is 6.56. The number of carboxylic acid groups (broad SMARTS) is 1. The fourth-order valence-electron chi connectivity index (χ4n) is 1.86. The van der Waals surface area contributed by atoms with Crippen LogP contribution in [0.5, 0.6) is 5.75 Å². The monoisotopic (exact) mass is 341 g/mol. The van der Waals surface area contributed by atoms with Gasteiger partial charge in [-0.15, -0.1) is 0 Å². The molecule has 0 amide bonds. The molecule has 0 aliphatic carbocycles. The Balaban J connectivity index is 2.39. The quantitative estimate of drug-likeness (QED) is 0.793. The molecule has 3 N–H and O–H groups in total. The van der Waals surface area contributed by atoms with E-state index in [-0.39, 0.29) is 16.1 Å². The minimum Gasteiger partial charge on any atom is -0.507 e. The van der Waals surface area contributed by atoms with Gasteiger partial charge in [0.15, 0.2) is 0 Å². The predicted octanol–water partition coefficient (Wildman–Crippen LogP) is 2.85. The van der Waals surface area contributed by atoms with Crippen LogP contribution in [0, 0.1) is 6.92 Å². The van der Waals surface area contributed by atoms with Crippen LogP contribution in [0.4, 0.5) is 5.69 Å². The number of hydrogen-bond donors (Lipinski definition) is 3. The molecule has 0 bridgehead atoms. The highest BCUT2D eigenvalue weighted by atomic mass is 35.5. The SMILES string of the molecule is Cc1c(Cl)cccc1S(=O)(=O)Nc1ccc(C(=O)O)c(O)c1. The molecule has 2 aromatic carbocycles. The van der Waals surface area contributed by atoms with Crippen LogP contribution in [0.15, 0.2) is 41.3 Å². The number of carbonyl (C=O) groups is 1. The number of benzene rings is 2. The molecule has 0 aromatic heterocycles. The molecule has 116 valence electrons. The Labute approximate surface area is 132 Å². The largest absolute Gasteiger partial charge is 0.507 e. The zero-order valence-corrected chi connectivity index (χ0v) is 12.9. The number of carboxylic acids is 1. The van der Waals surface area contributed by atoms with Gasteiger partial charge in [0.2, 0.25) is 0 Å². The van der Waals surface area contributed by atoms with Gasteiger partial charge in [-0.05, 0) is 36.8 Å². The van der Waals surface area contributed by atoms with E-state index >= 15 is 0 Å². The van der Waals surface area contributed by atoms with Gasteiger partial charge >= 0.3 is 5.97 Å². The summed E-state index contributed by atoms with van der Waals surface area (Å²) in [4.78, 5) is 10.8. The second kappa shape index (κ2) is 5.86. The van der Waals surface area contributed by atoms with Crippen molar-refractivity contribution in [3.8, 4) is 5.75 Å². The molecule has 0 aliphatic rings. The molecule has 0 radical (unpaired) electrons. The number of sulfonamides is 1. The van der Waals surface area contributed by atoms with Crippen LogP contribution in [-0.2, 0) is 10.0 Å². The first-order chi connectivity index (χ1) is 10.2. The van der Waals surface area contributed by atoms with E-state index in [9.17, 15) is 18.3 Å². The van der Waals surface area contributed by atoms with Crippen molar-refractivity contribution in [2.24, 2.45) is 0 Å². The van der Waals surface area contributed by atoms with E-state index in [0.717, 1.165) is 12.1 Å². The first-order valence-corrected chi connectivity index (χ1v) is 7.93. The number of halogens is 1. The summed E-state index contributed by atoms with van der Waals surface area (Å²) in [7, 11) is -3.91. The topological polar surface area (TPSA) is 104 Å². The number of rotatable bonds is 4. The van der Waals surface area contributed by atoms with Gasteiger partial charge in [-0.2, -0.15) is 0 Å². The van der Waals surface area contributed by atoms with Gasteiger partial charge in [0.05, 0.1) is 10.6 Å². The molecular formula is C14H12ClNO5S. The average Bonchev–Trinajstić information content (AvgIpc) is 2.40. The van der Waals surface area contributed by atoms with Crippen molar-refractivity contribution < 1.29 is 23.4 Å². The Morgan fingerprint density at radius 2 is 1.91 bits per heavy atom. The lowest BCUT2D eigenvalue weighted by Gasteiger charge is -2.12. The number of aromatic hydroxyl groups is 1. The lowest BCUT2D eigenvalue weighted by Crippen LogP contribution is -2.14. The minimum atomic E-state index is -3.91. The summed E-state index contributed by atoms with van der Waals surface area (Å²) in [6, 6.07) is 7.87. The Morgan fingerprint density at radius 3 is 2.50 bits per heavy atom. The summed E-state index contributed by atoms with van der Waals surface area (Å²) in [6.45, 7) is 1.57. The highest BCUT2D eigenvalue weighted by Crippen LogP contribution is 2.27. The Morgan fingerprint density at radius 1 is 1.23 bits per heavy atom. The van der Waals surface area contributed by atoms with Crippen LogP contribution in [-0.4, -0.2) is 24.6 Å². The molecule has 0 unspecified atom stereocenters. The molecule has 2 rings (SSSR count). The molecule has 0 saturated heterocycles. The molecular weight excluding hydrogens is 330 g/mol. The zero-order valence-electron chi connectivity index (χ0n) is 11.4. The van der Waals surface area contributed by atoms with Crippen LogP contribution < -0.4 is 4.72 Å². The fourth-order valence-corrected chi connectivity index (χ4v) is 3.41. The lowest BCUT2D eigenvalue weighted by molar-refractivity contribution is 0.0694. The van der Waals surface area contributed by atoms with Crippen molar-refractivity contribution in [2.45, 2.75) is 11.8 Å². The Hall–Kier alpha value is -2.25. The standard InChI is InChI=1S/C14H12ClNO5S/c1-8-11(15)3-2-4-13(8)22(20,21)16-9-5-6-10(14(18)19)12(17)7-9/h2-7,16-17H,1H3,(H,18,19). The van der Waals surface area contributed by atoms with E-state index in [1.165, 1.54) is 18.2 Å². The van der Waals surface area contributed by atoms with Crippen molar-refractivity contribution in [1.82, 2.24) is 0 Å². The Kier molecular flexibility index (Phi) is 4.30. The highest BCUT2D eigenvalue weighted by Gasteiger charge is 2.19. The summed E-state index contributed by atoms with van der Waals surface area (Å²) < 4.78 is 26.9. The van der Waals surface area contributed by atoms with Gasteiger partial charge < -0.3 is 10.2 Å². The van der Waals surface area contributed by atoms with Crippen LogP contribution in [0.3, 0.4) is 0 Å². The van der Waals surface area contributed by atoms with Crippen LogP contribution in [0.25, 0.3) is 0 Å². The van der Waals surface area contributed by atoms with Crippen molar-refractivity contribution in [3.05, 3.63) is 52.5 Å². The molecule has 8 heteroatoms. The maximum absolute atomic E-state index is 12.3. The van der Waals surface area contributed by atoms with Crippen LogP contribution >= 0.6 is 11.6 Å². The summed E-state index contributed by atoms with van der Waals surface area (Å²) in [6.07, 6.45) is 0. The molecule has 0 spiro atoms. The van der Waals surface area contributed by atoms with Crippen LogP contribution in [0.1, 0.15) is 15.9 Å². The predicted molar refractivity (Wildman–Crippen MR) is 82.1 cm³/mol. The molecule has 0 fully saturated rings. The maximum atomic E-state index is 12.3. The third-order valence-electron chi connectivity index (χ3n) is 2.99. The third-order valence-corrected chi connectivity index (χ3v) is 4.92. The molecule has 0 heterocycles. The number of aromatic carboxylic acids is 1. The van der Waals surface area contributed by atoms with E-state index < -0.39 is 21.7 Å². The smallest absolute Gasteiger partial charge is 0.339 e. The van der Waals surface area contributed by atoms with Gasteiger partial charge in [-0.1, -0.05) is 17.7 Å². The normalized spacial score (nSPS) is 11.2. The molecule has 0 aliphatic heterocycles. The van der Waals surface area contributed by atoms with E-state index in [0.29, 0.717) is 10.6 Å².